The first-order chi connectivity index (χ1) is 16.3. The smallest absolute Gasteiger partial charge is 0.258 e. The van der Waals surface area contributed by atoms with Crippen molar-refractivity contribution in [2.75, 3.05) is 31.8 Å². The summed E-state index contributed by atoms with van der Waals surface area (Å²) in [5.41, 5.74) is 5.75. The Hall–Kier alpha value is -3.97. The van der Waals surface area contributed by atoms with Gasteiger partial charge >= 0.3 is 0 Å². The molecule has 34 heavy (non-hydrogen) atoms. The highest BCUT2D eigenvalue weighted by Crippen LogP contribution is 2.38. The summed E-state index contributed by atoms with van der Waals surface area (Å²) in [7, 11) is 5.63. The Morgan fingerprint density at radius 2 is 1.65 bits per heavy atom. The van der Waals surface area contributed by atoms with Gasteiger partial charge in [0.1, 0.15) is 5.82 Å². The van der Waals surface area contributed by atoms with Crippen LogP contribution >= 0.6 is 0 Å². The zero-order valence-corrected chi connectivity index (χ0v) is 19.4. The van der Waals surface area contributed by atoms with E-state index in [1.54, 1.807) is 13.1 Å². The minimum Gasteiger partial charge on any atom is -0.359 e. The maximum absolute atomic E-state index is 13.8. The number of rotatable bonds is 7. The monoisotopic (exact) mass is 458 g/mol. The molecule has 0 atom stereocenters. The molecule has 0 spiro atoms. The fourth-order valence-electron chi connectivity index (χ4n) is 3.94. The number of hydrogen-bond donors (Lipinski definition) is 3. The second kappa shape index (κ2) is 9.89. The molecule has 0 saturated carbocycles. The minimum atomic E-state index is -0.412. The highest BCUT2D eigenvalue weighted by atomic mass is 19.1. The van der Waals surface area contributed by atoms with Crippen molar-refractivity contribution in [3.05, 3.63) is 94.8 Å². The third kappa shape index (κ3) is 5.15. The van der Waals surface area contributed by atoms with E-state index in [0.717, 1.165) is 23.4 Å². The first kappa shape index (κ1) is 23.2. The second-order valence-corrected chi connectivity index (χ2v) is 8.50. The molecule has 0 aromatic heterocycles. The van der Waals surface area contributed by atoms with Crippen LogP contribution in [-0.4, -0.2) is 37.9 Å². The molecule has 0 unspecified atom stereocenters. The fourth-order valence-corrected chi connectivity index (χ4v) is 3.94. The van der Waals surface area contributed by atoms with E-state index >= 15 is 0 Å². The van der Waals surface area contributed by atoms with Crippen molar-refractivity contribution >= 4 is 34.5 Å². The molecule has 174 valence electrons. The molecule has 1 aliphatic rings. The van der Waals surface area contributed by atoms with Gasteiger partial charge < -0.3 is 20.9 Å². The molecular weight excluding hydrogens is 431 g/mol. The number of nitrogens with zero attached hydrogens (tertiary/aromatic N) is 1. The van der Waals surface area contributed by atoms with Crippen molar-refractivity contribution < 1.29 is 14.0 Å². The Morgan fingerprint density at radius 1 is 0.971 bits per heavy atom. The summed E-state index contributed by atoms with van der Waals surface area (Å²) in [6, 6.07) is 19.8. The minimum absolute atomic E-state index is 0.0756. The molecule has 3 N–H and O–H groups in total. The van der Waals surface area contributed by atoms with Gasteiger partial charge in [-0.1, -0.05) is 36.4 Å². The number of nitrogens with one attached hydrogen (secondary N) is 3. The van der Waals surface area contributed by atoms with E-state index in [-0.39, 0.29) is 18.2 Å². The van der Waals surface area contributed by atoms with Crippen molar-refractivity contribution in [1.82, 2.24) is 10.2 Å². The van der Waals surface area contributed by atoms with Crippen LogP contribution in [0.5, 0.6) is 0 Å². The maximum atomic E-state index is 13.8. The van der Waals surface area contributed by atoms with Gasteiger partial charge in [-0.2, -0.15) is 0 Å². The Kier molecular flexibility index (Phi) is 6.75. The van der Waals surface area contributed by atoms with Gasteiger partial charge in [0.05, 0.1) is 23.4 Å². The summed E-state index contributed by atoms with van der Waals surface area (Å²) in [4.78, 5) is 26.8. The molecule has 1 aliphatic heterocycles. The SMILES string of the molecule is CNC(=O)Cc1ccc(C(Nc2ccc(CN(C)C)cc2)=C2C(=O)Nc3cc(F)ccc32)cc1. The van der Waals surface area contributed by atoms with Gasteiger partial charge in [-0.15, -0.1) is 0 Å². The summed E-state index contributed by atoms with van der Waals surface area (Å²) in [5, 5.41) is 8.79. The molecule has 3 aromatic carbocycles. The highest BCUT2D eigenvalue weighted by Gasteiger charge is 2.28. The van der Waals surface area contributed by atoms with Gasteiger partial charge in [0.15, 0.2) is 0 Å². The molecule has 7 heteroatoms. The lowest BCUT2D eigenvalue weighted by atomic mass is 9.98. The topological polar surface area (TPSA) is 73.5 Å². The summed E-state index contributed by atoms with van der Waals surface area (Å²) < 4.78 is 13.8. The van der Waals surface area contributed by atoms with Gasteiger partial charge in [0, 0.05) is 24.8 Å². The maximum Gasteiger partial charge on any atom is 0.258 e. The molecule has 0 fully saturated rings. The van der Waals surface area contributed by atoms with Crippen molar-refractivity contribution in [3.63, 3.8) is 0 Å². The van der Waals surface area contributed by atoms with E-state index in [0.29, 0.717) is 22.5 Å². The van der Waals surface area contributed by atoms with E-state index in [9.17, 15) is 14.0 Å². The molecule has 3 aromatic rings. The van der Waals surface area contributed by atoms with Gasteiger partial charge in [-0.25, -0.2) is 4.39 Å². The van der Waals surface area contributed by atoms with Crippen molar-refractivity contribution in [2.45, 2.75) is 13.0 Å². The van der Waals surface area contributed by atoms with Gasteiger partial charge in [0.25, 0.3) is 5.91 Å². The summed E-state index contributed by atoms with van der Waals surface area (Å²) in [5.74, 6) is -0.792. The van der Waals surface area contributed by atoms with Gasteiger partial charge in [-0.05, 0) is 61.1 Å². The molecule has 4 rings (SSSR count). The van der Waals surface area contributed by atoms with E-state index in [4.69, 9.17) is 0 Å². The molecule has 0 aliphatic carbocycles. The Labute approximate surface area is 198 Å². The number of likely N-dealkylation sites (N-methyl/N-ethyl adjacent to an activating group) is 1. The lowest BCUT2D eigenvalue weighted by molar-refractivity contribution is -0.120. The summed E-state index contributed by atoms with van der Waals surface area (Å²) in [6.07, 6.45) is 0.270. The van der Waals surface area contributed by atoms with Crippen LogP contribution in [0.25, 0.3) is 11.3 Å². The number of benzene rings is 3. The van der Waals surface area contributed by atoms with Crippen LogP contribution in [0.4, 0.5) is 15.8 Å². The predicted octanol–water partition coefficient (Wildman–Crippen LogP) is 4.11. The lowest BCUT2D eigenvalue weighted by Gasteiger charge is -2.16. The quantitative estimate of drug-likeness (QED) is 0.466. The molecule has 2 amide bonds. The zero-order valence-electron chi connectivity index (χ0n) is 19.4. The van der Waals surface area contributed by atoms with Crippen molar-refractivity contribution in [3.8, 4) is 0 Å². The largest absolute Gasteiger partial charge is 0.359 e. The number of carbonyl (C=O) groups excluding carboxylic acids is 2. The molecule has 6 nitrogen and oxygen atoms in total. The number of hydrogen-bond acceptors (Lipinski definition) is 4. The van der Waals surface area contributed by atoms with Crippen LogP contribution in [0.15, 0.2) is 66.7 Å². The van der Waals surface area contributed by atoms with E-state index < -0.39 is 5.82 Å². The Morgan fingerprint density at radius 3 is 2.29 bits per heavy atom. The second-order valence-electron chi connectivity index (χ2n) is 8.50. The Balaban J connectivity index is 1.76. The highest BCUT2D eigenvalue weighted by molar-refractivity contribution is 6.37. The van der Waals surface area contributed by atoms with E-state index in [1.165, 1.54) is 17.7 Å². The number of carbonyl (C=O) groups is 2. The predicted molar refractivity (Wildman–Crippen MR) is 134 cm³/mol. The number of amides is 2. The average Bonchev–Trinajstić information content (AvgIpc) is 3.13. The third-order valence-electron chi connectivity index (χ3n) is 5.58. The molecule has 0 saturated heterocycles. The number of anilines is 2. The summed E-state index contributed by atoms with van der Waals surface area (Å²) >= 11 is 0. The molecule has 0 radical (unpaired) electrons. The molecule has 0 bridgehead atoms. The zero-order chi connectivity index (χ0) is 24.2. The van der Waals surface area contributed by atoms with Gasteiger partial charge in [-0.3, -0.25) is 9.59 Å². The van der Waals surface area contributed by atoms with Crippen molar-refractivity contribution in [2.24, 2.45) is 0 Å². The van der Waals surface area contributed by atoms with E-state index in [1.807, 2.05) is 62.6 Å². The average molecular weight is 459 g/mol. The van der Waals surface area contributed by atoms with Crippen LogP contribution in [0, 0.1) is 5.82 Å². The van der Waals surface area contributed by atoms with Gasteiger partial charge in [0.2, 0.25) is 5.91 Å². The standard InChI is InChI=1S/C27H27FN4O2/c1-29-24(33)14-17-4-8-19(9-5-17)26(30-21-11-6-18(7-12-21)16-32(2)3)25-22-13-10-20(28)15-23(22)31-27(25)34/h4-13,15,30H,14,16H2,1-3H3,(H,29,33)(H,31,34). The molecule has 1 heterocycles. The normalized spacial score (nSPS) is 14.0. The molecular formula is C27H27FN4O2. The third-order valence-corrected chi connectivity index (χ3v) is 5.58. The fraction of sp³-hybridized carbons (Fsp3) is 0.185. The first-order valence-electron chi connectivity index (χ1n) is 11.0. The van der Waals surface area contributed by atoms with E-state index in [2.05, 4.69) is 20.9 Å². The van der Waals surface area contributed by atoms with Crippen LogP contribution < -0.4 is 16.0 Å². The Bertz CT molecular complexity index is 1250. The van der Waals surface area contributed by atoms with Crippen LogP contribution in [0.1, 0.15) is 22.3 Å². The van der Waals surface area contributed by atoms with Crippen LogP contribution in [-0.2, 0) is 22.6 Å². The van der Waals surface area contributed by atoms with Crippen molar-refractivity contribution in [1.29, 1.82) is 0 Å². The summed E-state index contributed by atoms with van der Waals surface area (Å²) in [6.45, 7) is 0.822. The van der Waals surface area contributed by atoms with Crippen LogP contribution in [0.2, 0.25) is 0 Å². The van der Waals surface area contributed by atoms with Crippen LogP contribution in [0.3, 0.4) is 0 Å². The number of fused-ring (bicyclic) bond motifs is 1. The lowest BCUT2D eigenvalue weighted by Crippen LogP contribution is -2.19. The number of halogens is 1. The first-order valence-corrected chi connectivity index (χ1v) is 11.0.